The first-order chi connectivity index (χ1) is 6.11. The van der Waals surface area contributed by atoms with Crippen molar-refractivity contribution in [3.8, 4) is 11.8 Å². The summed E-state index contributed by atoms with van der Waals surface area (Å²) in [5.74, 6) is 0.288. The quantitative estimate of drug-likeness (QED) is 0.670. The van der Waals surface area contributed by atoms with Gasteiger partial charge < -0.3 is 14.9 Å². The number of aromatic hydroxyl groups is 2. The molecule has 2 N–H and O–H groups in total. The van der Waals surface area contributed by atoms with Crippen LogP contribution in [0.3, 0.4) is 0 Å². The largest absolute Gasteiger partial charge is 0.494 e. The normalized spacial score (nSPS) is 20.6. The minimum absolute atomic E-state index is 0.144. The molecule has 4 heteroatoms. The molecule has 1 atom stereocenters. The summed E-state index contributed by atoms with van der Waals surface area (Å²) in [5, 5.41) is 19.2. The molecule has 2 heterocycles. The lowest BCUT2D eigenvalue weighted by Gasteiger charge is -2.03. The first-order valence-electron chi connectivity index (χ1n) is 4.30. The van der Waals surface area contributed by atoms with Crippen LogP contribution in [0.4, 0.5) is 0 Å². The lowest BCUT2D eigenvalue weighted by Crippen LogP contribution is -2.02. The Bertz CT molecular complexity index is 314. The molecule has 1 aromatic heterocycles. The Morgan fingerprint density at radius 1 is 1.31 bits per heavy atom. The molecule has 0 bridgehead atoms. The van der Waals surface area contributed by atoms with E-state index in [1.165, 1.54) is 4.57 Å². The molecule has 4 nitrogen and oxygen atoms in total. The second-order valence-electron chi connectivity index (χ2n) is 3.46. The van der Waals surface area contributed by atoms with Gasteiger partial charge in [0.25, 0.3) is 0 Å². The number of rotatable bonds is 2. The van der Waals surface area contributed by atoms with Gasteiger partial charge in [-0.2, -0.15) is 0 Å². The van der Waals surface area contributed by atoms with Gasteiger partial charge in [-0.05, 0) is 13.8 Å². The van der Waals surface area contributed by atoms with Crippen LogP contribution in [0.25, 0.3) is 0 Å². The second-order valence-corrected chi connectivity index (χ2v) is 3.46. The van der Waals surface area contributed by atoms with Crippen molar-refractivity contribution in [1.82, 2.24) is 4.57 Å². The highest BCUT2D eigenvalue weighted by molar-refractivity contribution is 5.43. The molecule has 0 amide bonds. The molecule has 1 aliphatic rings. The minimum Gasteiger partial charge on any atom is -0.494 e. The maximum Gasteiger partial charge on any atom is 0.197 e. The van der Waals surface area contributed by atoms with Gasteiger partial charge in [0.05, 0.1) is 19.3 Å². The van der Waals surface area contributed by atoms with E-state index >= 15 is 0 Å². The molecule has 2 rings (SSSR count). The number of aromatic nitrogens is 1. The maximum atomic E-state index is 9.62. The summed E-state index contributed by atoms with van der Waals surface area (Å²) in [5.41, 5.74) is 1.47. The first-order valence-corrected chi connectivity index (χ1v) is 4.30. The van der Waals surface area contributed by atoms with Gasteiger partial charge in [0.1, 0.15) is 0 Å². The Labute approximate surface area is 76.4 Å². The number of nitrogens with zero attached hydrogens (tertiary/aromatic N) is 1. The summed E-state index contributed by atoms with van der Waals surface area (Å²) in [6.45, 7) is 4.82. The van der Waals surface area contributed by atoms with E-state index in [4.69, 9.17) is 4.74 Å². The number of epoxide rings is 1. The highest BCUT2D eigenvalue weighted by atomic mass is 16.6. The second kappa shape index (κ2) is 2.67. The van der Waals surface area contributed by atoms with Crippen molar-refractivity contribution in [2.75, 3.05) is 6.61 Å². The third-order valence-corrected chi connectivity index (χ3v) is 2.53. The van der Waals surface area contributed by atoms with Crippen molar-refractivity contribution < 1.29 is 14.9 Å². The van der Waals surface area contributed by atoms with E-state index in [1.54, 1.807) is 13.8 Å². The molecule has 1 unspecified atom stereocenters. The fraction of sp³-hybridized carbons (Fsp3) is 0.556. The fourth-order valence-electron chi connectivity index (χ4n) is 1.39. The standard InChI is InChI=1S/C9H13NO3/c1-5-6(2)9(12)10(8(5)11)3-7-4-13-7/h7,11-12H,3-4H2,1-2H3. The average Bonchev–Trinajstić information content (AvgIpc) is 2.89. The smallest absolute Gasteiger partial charge is 0.197 e. The molecular weight excluding hydrogens is 170 g/mol. The Morgan fingerprint density at radius 2 is 1.77 bits per heavy atom. The molecule has 0 saturated carbocycles. The van der Waals surface area contributed by atoms with Crippen LogP contribution in [0.5, 0.6) is 11.8 Å². The first kappa shape index (κ1) is 8.44. The van der Waals surface area contributed by atoms with Crippen LogP contribution in [0.15, 0.2) is 0 Å². The lowest BCUT2D eigenvalue weighted by atomic mass is 10.2. The predicted molar refractivity (Wildman–Crippen MR) is 47.0 cm³/mol. The van der Waals surface area contributed by atoms with Gasteiger partial charge >= 0.3 is 0 Å². The molecule has 72 valence electrons. The van der Waals surface area contributed by atoms with Gasteiger partial charge in [-0.3, -0.25) is 4.57 Å². The predicted octanol–water partition coefficient (Wildman–Crippen LogP) is 0.915. The fourth-order valence-corrected chi connectivity index (χ4v) is 1.39. The van der Waals surface area contributed by atoms with Gasteiger partial charge in [-0.1, -0.05) is 0 Å². The third-order valence-electron chi connectivity index (χ3n) is 2.53. The molecule has 13 heavy (non-hydrogen) atoms. The van der Waals surface area contributed by atoms with Crippen molar-refractivity contribution in [2.24, 2.45) is 0 Å². The zero-order chi connectivity index (χ0) is 9.59. The summed E-state index contributed by atoms with van der Waals surface area (Å²) in [6, 6.07) is 0. The van der Waals surface area contributed by atoms with Crippen molar-refractivity contribution in [1.29, 1.82) is 0 Å². The van der Waals surface area contributed by atoms with Gasteiger partial charge in [-0.15, -0.1) is 0 Å². The summed E-state index contributed by atoms with van der Waals surface area (Å²) < 4.78 is 6.52. The van der Waals surface area contributed by atoms with E-state index in [-0.39, 0.29) is 17.9 Å². The van der Waals surface area contributed by atoms with Crippen LogP contribution in [0.2, 0.25) is 0 Å². The van der Waals surface area contributed by atoms with Crippen molar-refractivity contribution in [3.63, 3.8) is 0 Å². The topological polar surface area (TPSA) is 57.9 Å². The van der Waals surface area contributed by atoms with Crippen LogP contribution in [-0.4, -0.2) is 27.5 Å². The van der Waals surface area contributed by atoms with E-state index < -0.39 is 0 Å². The molecule has 0 aliphatic carbocycles. The van der Waals surface area contributed by atoms with E-state index in [0.717, 1.165) is 17.7 Å². The van der Waals surface area contributed by atoms with Crippen molar-refractivity contribution >= 4 is 0 Å². The van der Waals surface area contributed by atoms with Crippen molar-refractivity contribution in [3.05, 3.63) is 11.1 Å². The number of ether oxygens (including phenoxy) is 1. The molecule has 1 fully saturated rings. The molecule has 1 aromatic rings. The van der Waals surface area contributed by atoms with E-state index in [2.05, 4.69) is 0 Å². The molecule has 0 aromatic carbocycles. The monoisotopic (exact) mass is 183 g/mol. The van der Waals surface area contributed by atoms with Gasteiger partial charge in [-0.25, -0.2) is 0 Å². The SMILES string of the molecule is Cc1c(C)c(O)n(CC2CO2)c1O. The van der Waals surface area contributed by atoms with E-state index in [9.17, 15) is 10.2 Å². The van der Waals surface area contributed by atoms with Gasteiger partial charge in [0.2, 0.25) is 0 Å². The summed E-state index contributed by atoms with van der Waals surface area (Å²) in [4.78, 5) is 0. The van der Waals surface area contributed by atoms with Crippen LogP contribution in [0, 0.1) is 13.8 Å². The summed E-state index contributed by atoms with van der Waals surface area (Å²) >= 11 is 0. The van der Waals surface area contributed by atoms with E-state index in [1.807, 2.05) is 0 Å². The van der Waals surface area contributed by atoms with Crippen molar-refractivity contribution in [2.45, 2.75) is 26.5 Å². The van der Waals surface area contributed by atoms with Crippen LogP contribution < -0.4 is 0 Å². The Balaban J connectivity index is 2.36. The minimum atomic E-state index is 0.144. The third kappa shape index (κ3) is 1.27. The van der Waals surface area contributed by atoms with E-state index in [0.29, 0.717) is 6.54 Å². The Morgan fingerprint density at radius 3 is 2.15 bits per heavy atom. The zero-order valence-corrected chi connectivity index (χ0v) is 7.74. The maximum absolute atomic E-state index is 9.62. The number of hydrogen-bond donors (Lipinski definition) is 2. The lowest BCUT2D eigenvalue weighted by molar-refractivity contribution is 0.328. The average molecular weight is 183 g/mol. The number of hydrogen-bond acceptors (Lipinski definition) is 3. The van der Waals surface area contributed by atoms with Crippen LogP contribution in [0.1, 0.15) is 11.1 Å². The van der Waals surface area contributed by atoms with Gasteiger partial charge in [0.15, 0.2) is 11.8 Å². The zero-order valence-electron chi connectivity index (χ0n) is 7.74. The highest BCUT2D eigenvalue weighted by Crippen LogP contribution is 2.33. The molecule has 1 aliphatic heterocycles. The summed E-state index contributed by atoms with van der Waals surface area (Å²) in [6.07, 6.45) is 0.156. The Hall–Kier alpha value is -1.16. The Kier molecular flexibility index (Phi) is 1.73. The molecule has 1 saturated heterocycles. The van der Waals surface area contributed by atoms with Crippen LogP contribution in [-0.2, 0) is 11.3 Å². The van der Waals surface area contributed by atoms with Gasteiger partial charge in [0, 0.05) is 11.1 Å². The molecular formula is C9H13NO3. The molecule has 0 radical (unpaired) electrons. The summed E-state index contributed by atoms with van der Waals surface area (Å²) in [7, 11) is 0. The molecule has 0 spiro atoms. The van der Waals surface area contributed by atoms with Crippen LogP contribution >= 0.6 is 0 Å². The highest BCUT2D eigenvalue weighted by Gasteiger charge is 2.26.